The first-order chi connectivity index (χ1) is 8.59. The molecule has 2 aromatic rings. The number of hydrogen-bond donors (Lipinski definition) is 0. The third kappa shape index (κ3) is 2.73. The van der Waals surface area contributed by atoms with Gasteiger partial charge in [-0.25, -0.2) is 4.39 Å². The molecule has 0 bridgehead atoms. The van der Waals surface area contributed by atoms with Gasteiger partial charge in [-0.15, -0.1) is 11.6 Å². The lowest BCUT2D eigenvalue weighted by Gasteiger charge is -2.16. The van der Waals surface area contributed by atoms with Gasteiger partial charge in [0.1, 0.15) is 5.82 Å². The van der Waals surface area contributed by atoms with Crippen molar-refractivity contribution in [1.82, 2.24) is 0 Å². The van der Waals surface area contributed by atoms with E-state index in [9.17, 15) is 4.39 Å². The Bertz CT molecular complexity index is 528. The van der Waals surface area contributed by atoms with Crippen LogP contribution in [-0.4, -0.2) is 0 Å². The summed E-state index contributed by atoms with van der Waals surface area (Å²) in [6.45, 7) is 4.08. The van der Waals surface area contributed by atoms with Gasteiger partial charge in [-0.05, 0) is 48.6 Å². The minimum Gasteiger partial charge on any atom is -0.207 e. The summed E-state index contributed by atoms with van der Waals surface area (Å²) < 4.78 is 13.6. The van der Waals surface area contributed by atoms with Crippen molar-refractivity contribution in [3.63, 3.8) is 0 Å². The van der Waals surface area contributed by atoms with Crippen LogP contribution in [0.4, 0.5) is 4.39 Å². The van der Waals surface area contributed by atoms with Crippen LogP contribution in [0, 0.1) is 19.7 Å². The molecule has 0 nitrogen and oxygen atoms in total. The third-order valence-electron chi connectivity index (χ3n) is 3.21. The zero-order valence-electron chi connectivity index (χ0n) is 10.6. The standard InChI is InChI=1S/C16H16ClF/c1-11-6-5-7-12(2)16(11)14(17)10-13-8-3-4-9-15(13)18/h3-9,14H,10H2,1-2H3. The van der Waals surface area contributed by atoms with Crippen molar-refractivity contribution < 1.29 is 4.39 Å². The summed E-state index contributed by atoms with van der Waals surface area (Å²) in [7, 11) is 0. The van der Waals surface area contributed by atoms with Crippen LogP contribution in [0.15, 0.2) is 42.5 Å². The van der Waals surface area contributed by atoms with E-state index < -0.39 is 0 Å². The van der Waals surface area contributed by atoms with Crippen molar-refractivity contribution >= 4 is 11.6 Å². The molecule has 0 saturated carbocycles. The van der Waals surface area contributed by atoms with E-state index in [4.69, 9.17) is 11.6 Å². The summed E-state index contributed by atoms with van der Waals surface area (Å²) in [5.74, 6) is -0.186. The molecule has 2 rings (SSSR count). The minimum atomic E-state index is -0.192. The summed E-state index contributed by atoms with van der Waals surface area (Å²) in [4.78, 5) is 0. The van der Waals surface area contributed by atoms with E-state index in [2.05, 4.69) is 0 Å². The zero-order valence-corrected chi connectivity index (χ0v) is 11.3. The van der Waals surface area contributed by atoms with E-state index in [1.54, 1.807) is 12.1 Å². The number of aryl methyl sites for hydroxylation is 2. The van der Waals surface area contributed by atoms with Crippen molar-refractivity contribution in [3.8, 4) is 0 Å². The van der Waals surface area contributed by atoms with Crippen molar-refractivity contribution in [1.29, 1.82) is 0 Å². The van der Waals surface area contributed by atoms with E-state index in [0.717, 1.165) is 16.7 Å². The van der Waals surface area contributed by atoms with Crippen LogP contribution in [0.3, 0.4) is 0 Å². The van der Waals surface area contributed by atoms with E-state index in [-0.39, 0.29) is 11.2 Å². The lowest BCUT2D eigenvalue weighted by atomic mass is 9.96. The van der Waals surface area contributed by atoms with E-state index in [1.165, 1.54) is 6.07 Å². The van der Waals surface area contributed by atoms with Gasteiger partial charge in [0, 0.05) is 0 Å². The topological polar surface area (TPSA) is 0 Å². The minimum absolute atomic E-state index is 0.186. The van der Waals surface area contributed by atoms with Gasteiger partial charge in [-0.1, -0.05) is 36.4 Å². The molecule has 2 aromatic carbocycles. The Morgan fingerprint density at radius 3 is 2.22 bits per heavy atom. The van der Waals surface area contributed by atoms with Crippen molar-refractivity contribution in [2.75, 3.05) is 0 Å². The molecule has 0 N–H and O–H groups in total. The van der Waals surface area contributed by atoms with E-state index in [0.29, 0.717) is 12.0 Å². The fourth-order valence-corrected chi connectivity index (χ4v) is 2.79. The van der Waals surface area contributed by atoms with Gasteiger partial charge < -0.3 is 0 Å². The van der Waals surface area contributed by atoms with Gasteiger partial charge in [-0.2, -0.15) is 0 Å². The molecule has 0 aliphatic carbocycles. The van der Waals surface area contributed by atoms with Crippen LogP contribution >= 0.6 is 11.6 Å². The highest BCUT2D eigenvalue weighted by Gasteiger charge is 2.15. The molecule has 0 heterocycles. The van der Waals surface area contributed by atoms with Gasteiger partial charge >= 0.3 is 0 Å². The first-order valence-electron chi connectivity index (χ1n) is 6.03. The van der Waals surface area contributed by atoms with E-state index >= 15 is 0 Å². The third-order valence-corrected chi connectivity index (χ3v) is 3.58. The summed E-state index contributed by atoms with van der Waals surface area (Å²) in [6.07, 6.45) is 0.514. The van der Waals surface area contributed by atoms with Crippen LogP contribution in [0.25, 0.3) is 0 Å². The summed E-state index contributed by atoms with van der Waals surface area (Å²) in [6, 6.07) is 12.9. The second-order valence-corrected chi connectivity index (χ2v) is 5.10. The number of benzene rings is 2. The first-order valence-corrected chi connectivity index (χ1v) is 6.47. The highest BCUT2D eigenvalue weighted by Crippen LogP contribution is 2.30. The number of halogens is 2. The Hall–Kier alpha value is -1.34. The van der Waals surface area contributed by atoms with Crippen LogP contribution < -0.4 is 0 Å². The molecule has 0 aliphatic heterocycles. The lowest BCUT2D eigenvalue weighted by molar-refractivity contribution is 0.607. The molecule has 2 heteroatoms. The van der Waals surface area contributed by atoms with Gasteiger partial charge in [0.05, 0.1) is 5.38 Å². The Morgan fingerprint density at radius 1 is 1.00 bits per heavy atom. The Morgan fingerprint density at radius 2 is 1.61 bits per heavy atom. The smallest absolute Gasteiger partial charge is 0.126 e. The normalized spacial score (nSPS) is 12.4. The number of rotatable bonds is 3. The predicted molar refractivity (Wildman–Crippen MR) is 74.6 cm³/mol. The SMILES string of the molecule is Cc1cccc(C)c1C(Cl)Cc1ccccc1F. The second-order valence-electron chi connectivity index (χ2n) is 4.57. The van der Waals surface area contributed by atoms with Crippen LogP contribution in [-0.2, 0) is 6.42 Å². The molecule has 0 amide bonds. The van der Waals surface area contributed by atoms with Crippen LogP contribution in [0.5, 0.6) is 0 Å². The maximum Gasteiger partial charge on any atom is 0.126 e. The fourth-order valence-electron chi connectivity index (χ4n) is 2.28. The number of hydrogen-bond acceptors (Lipinski definition) is 0. The molecule has 1 unspecified atom stereocenters. The quantitative estimate of drug-likeness (QED) is 0.686. The average molecular weight is 263 g/mol. The van der Waals surface area contributed by atoms with Crippen molar-refractivity contribution in [3.05, 3.63) is 70.5 Å². The molecule has 0 fully saturated rings. The van der Waals surface area contributed by atoms with Crippen LogP contribution in [0.2, 0.25) is 0 Å². The Labute approximate surface area is 112 Å². The molecule has 94 valence electrons. The Kier molecular flexibility index (Phi) is 4.03. The van der Waals surface area contributed by atoms with Gasteiger partial charge in [-0.3, -0.25) is 0 Å². The highest BCUT2D eigenvalue weighted by atomic mass is 35.5. The maximum atomic E-state index is 13.6. The Balaban J connectivity index is 2.28. The van der Waals surface area contributed by atoms with Gasteiger partial charge in [0.25, 0.3) is 0 Å². The zero-order chi connectivity index (χ0) is 13.1. The van der Waals surface area contributed by atoms with Crippen molar-refractivity contribution in [2.45, 2.75) is 25.6 Å². The molecule has 0 spiro atoms. The lowest BCUT2D eigenvalue weighted by Crippen LogP contribution is -2.02. The molecule has 1 atom stereocenters. The molecule has 0 saturated heterocycles. The summed E-state index contributed by atoms with van der Waals surface area (Å²) in [5.41, 5.74) is 4.10. The fraction of sp³-hybridized carbons (Fsp3) is 0.250. The predicted octanol–water partition coefficient (Wildman–Crippen LogP) is 4.97. The van der Waals surface area contributed by atoms with Crippen molar-refractivity contribution in [2.24, 2.45) is 0 Å². The van der Waals surface area contributed by atoms with Crippen LogP contribution in [0.1, 0.15) is 27.6 Å². The summed E-state index contributed by atoms with van der Waals surface area (Å²) >= 11 is 6.46. The first kappa shape index (κ1) is 13.1. The second kappa shape index (κ2) is 5.53. The van der Waals surface area contributed by atoms with Gasteiger partial charge in [0.2, 0.25) is 0 Å². The van der Waals surface area contributed by atoms with E-state index in [1.807, 2.05) is 38.1 Å². The molecular weight excluding hydrogens is 247 g/mol. The molecule has 0 radical (unpaired) electrons. The monoisotopic (exact) mass is 262 g/mol. The van der Waals surface area contributed by atoms with Gasteiger partial charge in [0.15, 0.2) is 0 Å². The average Bonchev–Trinajstić information content (AvgIpc) is 2.32. The highest BCUT2D eigenvalue weighted by molar-refractivity contribution is 6.21. The maximum absolute atomic E-state index is 13.6. The summed E-state index contributed by atoms with van der Waals surface area (Å²) in [5, 5.41) is -0.192. The number of alkyl halides is 1. The molecular formula is C16H16ClF. The molecule has 0 aromatic heterocycles. The molecule has 0 aliphatic rings. The largest absolute Gasteiger partial charge is 0.207 e. The molecule has 18 heavy (non-hydrogen) atoms.